The quantitative estimate of drug-likeness (QED) is 0.781. The van der Waals surface area contributed by atoms with E-state index in [-0.39, 0.29) is 0 Å². The average molecular weight is 246 g/mol. The van der Waals surface area contributed by atoms with Crippen molar-refractivity contribution in [1.82, 2.24) is 0 Å². The Kier molecular flexibility index (Phi) is 5.10. The minimum Gasteiger partial charge on any atom is -0.508 e. The van der Waals surface area contributed by atoms with Gasteiger partial charge >= 0.3 is 0 Å². The molecule has 1 aliphatic carbocycles. The molecule has 1 saturated carbocycles. The van der Waals surface area contributed by atoms with E-state index in [1.165, 1.54) is 44.9 Å². The van der Waals surface area contributed by atoms with Gasteiger partial charge in [0.15, 0.2) is 0 Å². The number of rotatable bonds is 5. The van der Waals surface area contributed by atoms with E-state index in [1.807, 2.05) is 18.2 Å². The van der Waals surface area contributed by atoms with Crippen molar-refractivity contribution in [1.29, 1.82) is 0 Å². The number of phenols is 1. The van der Waals surface area contributed by atoms with Crippen molar-refractivity contribution in [3.63, 3.8) is 0 Å². The number of hydrogen-bond acceptors (Lipinski definition) is 1. The van der Waals surface area contributed by atoms with Gasteiger partial charge in [-0.05, 0) is 42.7 Å². The number of aryl methyl sites for hydroxylation is 1. The van der Waals surface area contributed by atoms with Gasteiger partial charge in [0.2, 0.25) is 0 Å². The maximum atomic E-state index is 9.74. The molecule has 0 spiro atoms. The van der Waals surface area contributed by atoms with Crippen LogP contribution in [0.25, 0.3) is 0 Å². The Morgan fingerprint density at radius 2 is 1.89 bits per heavy atom. The highest BCUT2D eigenvalue weighted by molar-refractivity contribution is 5.31. The van der Waals surface area contributed by atoms with Crippen LogP contribution in [0.3, 0.4) is 0 Å². The van der Waals surface area contributed by atoms with Crippen LogP contribution >= 0.6 is 0 Å². The van der Waals surface area contributed by atoms with Gasteiger partial charge in [0.25, 0.3) is 0 Å². The Morgan fingerprint density at radius 3 is 2.61 bits per heavy atom. The van der Waals surface area contributed by atoms with Gasteiger partial charge in [0, 0.05) is 0 Å². The molecule has 1 fully saturated rings. The first-order chi connectivity index (χ1) is 8.75. The molecule has 18 heavy (non-hydrogen) atoms. The van der Waals surface area contributed by atoms with Crippen LogP contribution in [0.4, 0.5) is 0 Å². The monoisotopic (exact) mass is 246 g/mol. The fourth-order valence-electron chi connectivity index (χ4n) is 3.23. The second kappa shape index (κ2) is 6.82. The zero-order valence-electron chi connectivity index (χ0n) is 11.6. The molecular weight excluding hydrogens is 220 g/mol. The van der Waals surface area contributed by atoms with E-state index in [0.29, 0.717) is 5.75 Å². The summed E-state index contributed by atoms with van der Waals surface area (Å²) in [6.45, 7) is 2.37. The third kappa shape index (κ3) is 4.04. The Morgan fingerprint density at radius 1 is 1.17 bits per heavy atom. The Balaban J connectivity index is 1.74. The second-order valence-electron chi connectivity index (χ2n) is 6.01. The average Bonchev–Trinajstić information content (AvgIpc) is 2.39. The van der Waals surface area contributed by atoms with Gasteiger partial charge < -0.3 is 5.11 Å². The fraction of sp³-hybridized carbons (Fsp3) is 0.647. The minimum absolute atomic E-state index is 0.461. The number of para-hydroxylation sites is 1. The van der Waals surface area contributed by atoms with Crippen LogP contribution in [0.5, 0.6) is 5.75 Å². The normalized spacial score (nSPS) is 18.7. The second-order valence-corrected chi connectivity index (χ2v) is 6.01. The zero-order chi connectivity index (χ0) is 12.8. The van der Waals surface area contributed by atoms with E-state index in [4.69, 9.17) is 0 Å². The van der Waals surface area contributed by atoms with Gasteiger partial charge in [0.05, 0.1) is 0 Å². The molecule has 0 aliphatic heterocycles. The number of benzene rings is 1. The molecule has 1 unspecified atom stereocenters. The van der Waals surface area contributed by atoms with Crippen molar-refractivity contribution in [2.45, 2.75) is 58.3 Å². The molecule has 2 rings (SSSR count). The summed E-state index contributed by atoms with van der Waals surface area (Å²) in [7, 11) is 0. The summed E-state index contributed by atoms with van der Waals surface area (Å²) in [5, 5.41) is 9.74. The van der Waals surface area contributed by atoms with E-state index in [1.54, 1.807) is 6.07 Å². The summed E-state index contributed by atoms with van der Waals surface area (Å²) >= 11 is 0. The Labute approximate surface area is 111 Å². The molecule has 1 aromatic carbocycles. The van der Waals surface area contributed by atoms with Crippen LogP contribution in [0.1, 0.15) is 57.4 Å². The van der Waals surface area contributed by atoms with Crippen LogP contribution < -0.4 is 0 Å². The van der Waals surface area contributed by atoms with E-state index in [9.17, 15) is 5.11 Å². The molecule has 0 aromatic heterocycles. The SMILES string of the molecule is CC(CCc1ccccc1O)CC1CCCCC1. The molecule has 0 saturated heterocycles. The molecule has 1 aromatic rings. The zero-order valence-corrected chi connectivity index (χ0v) is 11.6. The first kappa shape index (κ1) is 13.5. The fourth-order valence-corrected chi connectivity index (χ4v) is 3.23. The summed E-state index contributed by atoms with van der Waals surface area (Å²) in [6, 6.07) is 7.74. The number of hydrogen-bond donors (Lipinski definition) is 1. The van der Waals surface area contributed by atoms with E-state index < -0.39 is 0 Å². The van der Waals surface area contributed by atoms with Crippen LogP contribution in [-0.2, 0) is 6.42 Å². The van der Waals surface area contributed by atoms with Gasteiger partial charge in [0.1, 0.15) is 5.75 Å². The molecule has 1 heteroatoms. The predicted octanol–water partition coefficient (Wildman–Crippen LogP) is 4.93. The van der Waals surface area contributed by atoms with Crippen molar-refractivity contribution >= 4 is 0 Å². The standard InChI is InChI=1S/C17H26O/c1-14(13-15-7-3-2-4-8-15)11-12-16-9-5-6-10-17(16)18/h5-6,9-10,14-15,18H,2-4,7-8,11-13H2,1H3. The summed E-state index contributed by atoms with van der Waals surface area (Å²) in [5.41, 5.74) is 1.10. The third-order valence-electron chi connectivity index (χ3n) is 4.36. The maximum Gasteiger partial charge on any atom is 0.118 e. The topological polar surface area (TPSA) is 20.2 Å². The summed E-state index contributed by atoms with van der Waals surface area (Å²) in [6.07, 6.45) is 10.8. The third-order valence-corrected chi connectivity index (χ3v) is 4.36. The van der Waals surface area contributed by atoms with Gasteiger partial charge in [-0.1, -0.05) is 57.2 Å². The highest BCUT2D eigenvalue weighted by atomic mass is 16.3. The molecule has 1 aliphatic rings. The van der Waals surface area contributed by atoms with E-state index >= 15 is 0 Å². The van der Waals surface area contributed by atoms with E-state index in [2.05, 4.69) is 6.92 Å². The van der Waals surface area contributed by atoms with Crippen LogP contribution in [0.2, 0.25) is 0 Å². The van der Waals surface area contributed by atoms with Crippen LogP contribution in [0, 0.1) is 11.8 Å². The molecular formula is C17H26O. The summed E-state index contributed by atoms with van der Waals surface area (Å²) < 4.78 is 0. The Hall–Kier alpha value is -0.980. The van der Waals surface area contributed by atoms with Crippen molar-refractivity contribution in [2.24, 2.45) is 11.8 Å². The molecule has 0 bridgehead atoms. The van der Waals surface area contributed by atoms with Gasteiger partial charge in [-0.15, -0.1) is 0 Å². The first-order valence-electron chi connectivity index (χ1n) is 7.52. The van der Waals surface area contributed by atoms with E-state index in [0.717, 1.165) is 23.8 Å². The van der Waals surface area contributed by atoms with Crippen LogP contribution in [-0.4, -0.2) is 5.11 Å². The lowest BCUT2D eigenvalue weighted by Crippen LogP contribution is -2.11. The van der Waals surface area contributed by atoms with Crippen molar-refractivity contribution < 1.29 is 5.11 Å². The Bertz CT molecular complexity index is 352. The lowest BCUT2D eigenvalue weighted by molar-refractivity contribution is 0.289. The highest BCUT2D eigenvalue weighted by Gasteiger charge is 2.16. The highest BCUT2D eigenvalue weighted by Crippen LogP contribution is 2.30. The molecule has 0 amide bonds. The molecule has 0 heterocycles. The van der Waals surface area contributed by atoms with Gasteiger partial charge in [-0.3, -0.25) is 0 Å². The van der Waals surface area contributed by atoms with Crippen molar-refractivity contribution in [2.75, 3.05) is 0 Å². The lowest BCUT2D eigenvalue weighted by atomic mass is 9.82. The minimum atomic E-state index is 0.461. The lowest BCUT2D eigenvalue weighted by Gasteiger charge is -2.24. The predicted molar refractivity (Wildman–Crippen MR) is 76.8 cm³/mol. The number of aromatic hydroxyl groups is 1. The van der Waals surface area contributed by atoms with Crippen LogP contribution in [0.15, 0.2) is 24.3 Å². The molecule has 1 nitrogen and oxygen atoms in total. The van der Waals surface area contributed by atoms with Gasteiger partial charge in [-0.2, -0.15) is 0 Å². The van der Waals surface area contributed by atoms with Crippen molar-refractivity contribution in [3.05, 3.63) is 29.8 Å². The molecule has 100 valence electrons. The first-order valence-corrected chi connectivity index (χ1v) is 7.52. The summed E-state index contributed by atoms with van der Waals surface area (Å²) in [5.74, 6) is 2.22. The maximum absolute atomic E-state index is 9.74. The summed E-state index contributed by atoms with van der Waals surface area (Å²) in [4.78, 5) is 0. The van der Waals surface area contributed by atoms with Crippen molar-refractivity contribution in [3.8, 4) is 5.75 Å². The molecule has 0 radical (unpaired) electrons. The molecule has 1 atom stereocenters. The number of phenolic OH excluding ortho intramolecular Hbond substituents is 1. The van der Waals surface area contributed by atoms with Gasteiger partial charge in [-0.25, -0.2) is 0 Å². The molecule has 1 N–H and O–H groups in total. The largest absolute Gasteiger partial charge is 0.508 e. The smallest absolute Gasteiger partial charge is 0.118 e.